The lowest BCUT2D eigenvalue weighted by Crippen LogP contribution is -2.52. The topological polar surface area (TPSA) is 66.9 Å². The zero-order valence-electron chi connectivity index (χ0n) is 12.8. The number of amides is 1. The van der Waals surface area contributed by atoms with Crippen molar-refractivity contribution in [2.75, 3.05) is 13.1 Å². The number of hydrogen-bond donors (Lipinski definition) is 0. The van der Waals surface area contributed by atoms with Gasteiger partial charge in [0.15, 0.2) is 0 Å². The molecule has 0 aromatic carbocycles. The van der Waals surface area contributed by atoms with Crippen molar-refractivity contribution < 1.29 is 17.9 Å². The standard InChI is InChI=1S/C13H24N2O4S/c1-9(2)20(17,18)15-8-10-6-11(15)7-14(10)12(16)19-13(3,4)5/h9-11H,6-8H2,1-5H3. The second-order valence-electron chi connectivity index (χ2n) is 6.84. The van der Waals surface area contributed by atoms with Gasteiger partial charge in [-0.05, 0) is 41.0 Å². The van der Waals surface area contributed by atoms with Gasteiger partial charge >= 0.3 is 6.09 Å². The van der Waals surface area contributed by atoms with E-state index >= 15 is 0 Å². The van der Waals surface area contributed by atoms with Gasteiger partial charge in [-0.1, -0.05) is 0 Å². The van der Waals surface area contributed by atoms with Gasteiger partial charge in [0.25, 0.3) is 0 Å². The van der Waals surface area contributed by atoms with Gasteiger partial charge in [0.1, 0.15) is 5.60 Å². The first-order valence-electron chi connectivity index (χ1n) is 7.02. The van der Waals surface area contributed by atoms with Crippen LogP contribution in [0.5, 0.6) is 0 Å². The quantitative estimate of drug-likeness (QED) is 0.774. The van der Waals surface area contributed by atoms with Crippen LogP contribution in [0.25, 0.3) is 0 Å². The maximum atomic E-state index is 12.2. The van der Waals surface area contributed by atoms with E-state index < -0.39 is 20.9 Å². The average molecular weight is 304 g/mol. The Hall–Kier alpha value is -0.820. The van der Waals surface area contributed by atoms with E-state index in [0.29, 0.717) is 19.5 Å². The zero-order chi connectivity index (χ0) is 15.3. The molecule has 2 saturated heterocycles. The van der Waals surface area contributed by atoms with Crippen LogP contribution in [0.2, 0.25) is 0 Å². The second-order valence-corrected chi connectivity index (χ2v) is 9.28. The fourth-order valence-corrected chi connectivity index (χ4v) is 4.25. The van der Waals surface area contributed by atoms with Gasteiger partial charge in [0.2, 0.25) is 10.0 Å². The second kappa shape index (κ2) is 4.87. The molecule has 2 atom stereocenters. The number of sulfonamides is 1. The lowest BCUT2D eigenvalue weighted by atomic mass is 10.2. The summed E-state index contributed by atoms with van der Waals surface area (Å²) in [4.78, 5) is 13.7. The Labute approximate surface area is 121 Å². The van der Waals surface area contributed by atoms with E-state index in [1.54, 1.807) is 23.1 Å². The maximum Gasteiger partial charge on any atom is 0.410 e. The minimum absolute atomic E-state index is 0.0524. The van der Waals surface area contributed by atoms with Crippen molar-refractivity contribution >= 4 is 16.1 Å². The molecule has 20 heavy (non-hydrogen) atoms. The van der Waals surface area contributed by atoms with Crippen LogP contribution in [-0.4, -0.2) is 59.7 Å². The van der Waals surface area contributed by atoms with Crippen LogP contribution in [0, 0.1) is 0 Å². The molecular formula is C13H24N2O4S. The zero-order valence-corrected chi connectivity index (χ0v) is 13.6. The van der Waals surface area contributed by atoms with E-state index in [1.807, 2.05) is 20.8 Å². The highest BCUT2D eigenvalue weighted by atomic mass is 32.2. The van der Waals surface area contributed by atoms with Crippen molar-refractivity contribution in [3.63, 3.8) is 0 Å². The van der Waals surface area contributed by atoms with E-state index in [2.05, 4.69) is 0 Å². The monoisotopic (exact) mass is 304 g/mol. The molecule has 2 fully saturated rings. The average Bonchev–Trinajstić information content (AvgIpc) is 2.85. The third-order valence-corrected chi connectivity index (χ3v) is 6.03. The first-order valence-corrected chi connectivity index (χ1v) is 8.53. The van der Waals surface area contributed by atoms with Gasteiger partial charge in [0.05, 0.1) is 11.3 Å². The van der Waals surface area contributed by atoms with Gasteiger partial charge in [-0.2, -0.15) is 4.31 Å². The van der Waals surface area contributed by atoms with E-state index in [-0.39, 0.29) is 18.2 Å². The summed E-state index contributed by atoms with van der Waals surface area (Å²) in [5.74, 6) is 0. The van der Waals surface area contributed by atoms with Crippen LogP contribution in [0.4, 0.5) is 4.79 Å². The summed E-state index contributed by atoms with van der Waals surface area (Å²) in [6.45, 7) is 9.69. The van der Waals surface area contributed by atoms with Gasteiger partial charge in [0, 0.05) is 19.1 Å². The third-order valence-electron chi connectivity index (χ3n) is 3.74. The Morgan fingerprint density at radius 2 is 1.80 bits per heavy atom. The maximum absolute atomic E-state index is 12.2. The number of rotatable bonds is 2. The molecule has 2 unspecified atom stereocenters. The first-order chi connectivity index (χ1) is 9.02. The number of likely N-dealkylation sites (tertiary alicyclic amines) is 1. The summed E-state index contributed by atoms with van der Waals surface area (Å²) in [6.07, 6.45) is 0.372. The number of ether oxygens (including phenoxy) is 1. The summed E-state index contributed by atoms with van der Waals surface area (Å²) in [7, 11) is -3.24. The van der Waals surface area contributed by atoms with Crippen molar-refractivity contribution in [2.45, 2.75) is 64.0 Å². The predicted molar refractivity (Wildman–Crippen MR) is 75.9 cm³/mol. The number of carbonyl (C=O) groups excluding carboxylic acids is 1. The molecule has 0 N–H and O–H groups in total. The molecule has 2 aliphatic rings. The molecule has 0 radical (unpaired) electrons. The highest BCUT2D eigenvalue weighted by molar-refractivity contribution is 7.89. The molecular weight excluding hydrogens is 280 g/mol. The van der Waals surface area contributed by atoms with Crippen LogP contribution in [0.1, 0.15) is 41.0 Å². The smallest absolute Gasteiger partial charge is 0.410 e. The highest BCUT2D eigenvalue weighted by Gasteiger charge is 2.50. The minimum Gasteiger partial charge on any atom is -0.444 e. The van der Waals surface area contributed by atoms with Crippen molar-refractivity contribution in [2.24, 2.45) is 0 Å². The van der Waals surface area contributed by atoms with Crippen molar-refractivity contribution in [3.05, 3.63) is 0 Å². The Balaban J connectivity index is 2.04. The van der Waals surface area contributed by atoms with E-state index in [9.17, 15) is 13.2 Å². The normalized spacial score (nSPS) is 27.4. The Bertz CT molecular complexity index is 495. The molecule has 116 valence electrons. The fraction of sp³-hybridized carbons (Fsp3) is 0.923. The Morgan fingerprint density at radius 1 is 1.20 bits per heavy atom. The van der Waals surface area contributed by atoms with E-state index in [4.69, 9.17) is 4.74 Å². The molecule has 2 bridgehead atoms. The predicted octanol–water partition coefficient (Wildman–Crippen LogP) is 1.42. The Morgan fingerprint density at radius 3 is 2.20 bits per heavy atom. The minimum atomic E-state index is -3.24. The molecule has 0 spiro atoms. The lowest BCUT2D eigenvalue weighted by Gasteiger charge is -2.35. The van der Waals surface area contributed by atoms with Gasteiger partial charge < -0.3 is 9.64 Å². The third kappa shape index (κ3) is 2.79. The summed E-state index contributed by atoms with van der Waals surface area (Å²) >= 11 is 0. The molecule has 7 heteroatoms. The first kappa shape index (κ1) is 15.6. The molecule has 0 saturated carbocycles. The van der Waals surface area contributed by atoms with Gasteiger partial charge in [-0.3, -0.25) is 0 Å². The van der Waals surface area contributed by atoms with E-state index in [1.165, 1.54) is 0 Å². The van der Waals surface area contributed by atoms with Gasteiger partial charge in [-0.25, -0.2) is 13.2 Å². The summed E-state index contributed by atoms with van der Waals surface area (Å²) in [5, 5.41) is -0.420. The summed E-state index contributed by atoms with van der Waals surface area (Å²) < 4.78 is 31.4. The van der Waals surface area contributed by atoms with Crippen LogP contribution in [0.15, 0.2) is 0 Å². The molecule has 1 amide bonds. The molecule has 2 heterocycles. The number of carbonyl (C=O) groups is 1. The highest BCUT2D eigenvalue weighted by Crippen LogP contribution is 2.34. The molecule has 2 aliphatic heterocycles. The number of fused-ring (bicyclic) bond motifs is 2. The van der Waals surface area contributed by atoms with Crippen LogP contribution < -0.4 is 0 Å². The van der Waals surface area contributed by atoms with Gasteiger partial charge in [-0.15, -0.1) is 0 Å². The number of piperazine rings is 1. The SMILES string of the molecule is CC(C)S(=O)(=O)N1CC2CC1CN2C(=O)OC(C)(C)C. The van der Waals surface area contributed by atoms with E-state index in [0.717, 1.165) is 0 Å². The van der Waals surface area contributed by atoms with Crippen LogP contribution in [0.3, 0.4) is 0 Å². The van der Waals surface area contributed by atoms with Crippen LogP contribution in [-0.2, 0) is 14.8 Å². The largest absolute Gasteiger partial charge is 0.444 e. The molecule has 0 aromatic heterocycles. The van der Waals surface area contributed by atoms with Crippen LogP contribution >= 0.6 is 0 Å². The fourth-order valence-electron chi connectivity index (χ4n) is 2.76. The Kier molecular flexibility index (Phi) is 3.79. The van der Waals surface area contributed by atoms with Crippen molar-refractivity contribution in [1.29, 1.82) is 0 Å². The molecule has 6 nitrogen and oxygen atoms in total. The number of nitrogens with zero attached hydrogens (tertiary/aromatic N) is 2. The number of hydrogen-bond acceptors (Lipinski definition) is 4. The summed E-state index contributed by atoms with van der Waals surface area (Å²) in [6, 6.07) is -0.150. The molecule has 0 aliphatic carbocycles. The summed E-state index contributed by atoms with van der Waals surface area (Å²) in [5.41, 5.74) is -0.525. The van der Waals surface area contributed by atoms with Crippen molar-refractivity contribution in [1.82, 2.24) is 9.21 Å². The molecule has 2 rings (SSSR count). The lowest BCUT2D eigenvalue weighted by molar-refractivity contribution is 0.0172. The van der Waals surface area contributed by atoms with Crippen molar-refractivity contribution in [3.8, 4) is 0 Å². The molecule has 0 aromatic rings.